The molecule has 0 aliphatic heterocycles. The van der Waals surface area contributed by atoms with E-state index < -0.39 is 0 Å². The van der Waals surface area contributed by atoms with Crippen LogP contribution in [0.4, 0.5) is 0 Å². The lowest BCUT2D eigenvalue weighted by Crippen LogP contribution is -2.28. The minimum absolute atomic E-state index is 0.801. The molecule has 2 nitrogen and oxygen atoms in total. The van der Waals surface area contributed by atoms with E-state index in [1.165, 1.54) is 19.4 Å². The summed E-state index contributed by atoms with van der Waals surface area (Å²) in [5, 5.41) is 1.05. The smallest absolute Gasteiger partial charge is 0.119 e. The molecule has 0 saturated heterocycles. The summed E-state index contributed by atoms with van der Waals surface area (Å²) < 4.78 is 5.70. The van der Waals surface area contributed by atoms with E-state index >= 15 is 0 Å². The second-order valence-electron chi connectivity index (χ2n) is 4.40. The lowest BCUT2D eigenvalue weighted by molar-refractivity contribution is 0.241. The van der Waals surface area contributed by atoms with E-state index in [1.807, 2.05) is 30.3 Å². The van der Waals surface area contributed by atoms with Crippen LogP contribution in [0.5, 0.6) is 5.75 Å². The number of nitrogens with zero attached hydrogens (tertiary/aromatic N) is 1. The van der Waals surface area contributed by atoms with Crippen molar-refractivity contribution in [2.45, 2.75) is 26.2 Å². The van der Waals surface area contributed by atoms with Crippen LogP contribution in [-0.4, -0.2) is 36.5 Å². The maximum Gasteiger partial charge on any atom is 0.119 e. The molecule has 0 aliphatic carbocycles. The predicted octanol–water partition coefficient (Wildman–Crippen LogP) is 3.95. The van der Waals surface area contributed by atoms with Crippen molar-refractivity contribution in [3.63, 3.8) is 0 Å². The molecule has 0 radical (unpaired) electrons. The Balaban J connectivity index is 2.14. The largest absolute Gasteiger partial charge is 0.494 e. The zero-order chi connectivity index (χ0) is 13.1. The van der Waals surface area contributed by atoms with Crippen molar-refractivity contribution in [1.29, 1.82) is 0 Å². The fourth-order valence-electron chi connectivity index (χ4n) is 1.83. The maximum absolute atomic E-state index is 5.70. The number of alkyl halides is 1. The number of hydrogen-bond donors (Lipinski definition) is 0. The highest BCUT2D eigenvalue weighted by atomic mass is 79.9. The summed E-state index contributed by atoms with van der Waals surface area (Å²) in [6.07, 6.45) is 3.64. The number of halogens is 1. The van der Waals surface area contributed by atoms with Crippen molar-refractivity contribution in [3.8, 4) is 5.75 Å². The summed E-state index contributed by atoms with van der Waals surface area (Å²) >= 11 is 3.51. The molecule has 3 heteroatoms. The minimum atomic E-state index is 0.801. The Bertz CT molecular complexity index is 292. The average Bonchev–Trinajstić information content (AvgIpc) is 2.42. The molecule has 0 heterocycles. The second-order valence-corrected chi connectivity index (χ2v) is 5.19. The van der Waals surface area contributed by atoms with Crippen LogP contribution in [0, 0.1) is 0 Å². The van der Waals surface area contributed by atoms with Gasteiger partial charge in [-0.2, -0.15) is 0 Å². The Labute approximate surface area is 119 Å². The topological polar surface area (TPSA) is 12.5 Å². The van der Waals surface area contributed by atoms with E-state index in [1.54, 1.807) is 0 Å². The van der Waals surface area contributed by atoms with Gasteiger partial charge in [0.2, 0.25) is 0 Å². The van der Waals surface area contributed by atoms with Gasteiger partial charge in [0.15, 0.2) is 0 Å². The standard InChI is InChI=1S/C15H24BrNO/c1-2-3-11-17(13-10-16)12-7-14-18-15-8-5-4-6-9-15/h4-6,8-9H,2-3,7,10-14H2,1H3. The number of hydrogen-bond acceptors (Lipinski definition) is 2. The Kier molecular flexibility index (Phi) is 8.96. The zero-order valence-electron chi connectivity index (χ0n) is 11.3. The fourth-order valence-corrected chi connectivity index (χ4v) is 2.33. The van der Waals surface area contributed by atoms with Crippen LogP contribution in [0.15, 0.2) is 30.3 Å². The molecule has 0 spiro atoms. The zero-order valence-corrected chi connectivity index (χ0v) is 12.9. The summed E-state index contributed by atoms with van der Waals surface area (Å²) in [6.45, 7) is 6.50. The van der Waals surface area contributed by atoms with Gasteiger partial charge in [0.25, 0.3) is 0 Å². The molecule has 0 atom stereocenters. The van der Waals surface area contributed by atoms with Gasteiger partial charge in [-0.15, -0.1) is 0 Å². The van der Waals surface area contributed by atoms with E-state index in [0.717, 1.165) is 37.2 Å². The molecular weight excluding hydrogens is 290 g/mol. The van der Waals surface area contributed by atoms with Crippen LogP contribution in [-0.2, 0) is 0 Å². The first-order valence-corrected chi connectivity index (χ1v) is 7.95. The first-order valence-electron chi connectivity index (χ1n) is 6.83. The van der Waals surface area contributed by atoms with Gasteiger partial charge in [-0.1, -0.05) is 47.5 Å². The van der Waals surface area contributed by atoms with Crippen LogP contribution in [0.3, 0.4) is 0 Å². The van der Waals surface area contributed by atoms with E-state index in [4.69, 9.17) is 4.74 Å². The molecular formula is C15H24BrNO. The van der Waals surface area contributed by atoms with Gasteiger partial charge in [0, 0.05) is 18.4 Å². The number of unbranched alkanes of at least 4 members (excludes halogenated alkanes) is 1. The summed E-state index contributed by atoms with van der Waals surface area (Å²) in [6, 6.07) is 10.0. The monoisotopic (exact) mass is 313 g/mol. The molecule has 0 fully saturated rings. The van der Waals surface area contributed by atoms with Gasteiger partial charge in [0.1, 0.15) is 5.75 Å². The third-order valence-corrected chi connectivity index (χ3v) is 3.21. The van der Waals surface area contributed by atoms with Gasteiger partial charge in [-0.05, 0) is 31.5 Å². The first kappa shape index (κ1) is 15.5. The van der Waals surface area contributed by atoms with Crippen molar-refractivity contribution in [2.24, 2.45) is 0 Å². The van der Waals surface area contributed by atoms with Crippen molar-refractivity contribution in [3.05, 3.63) is 30.3 Å². The molecule has 102 valence electrons. The van der Waals surface area contributed by atoms with Crippen LogP contribution < -0.4 is 4.74 Å². The van der Waals surface area contributed by atoms with Crippen LogP contribution in [0.2, 0.25) is 0 Å². The van der Waals surface area contributed by atoms with Crippen LogP contribution in [0.1, 0.15) is 26.2 Å². The summed E-state index contributed by atoms with van der Waals surface area (Å²) in [7, 11) is 0. The van der Waals surface area contributed by atoms with Gasteiger partial charge < -0.3 is 9.64 Å². The quantitative estimate of drug-likeness (QED) is 0.479. The lowest BCUT2D eigenvalue weighted by Gasteiger charge is -2.20. The molecule has 0 unspecified atom stereocenters. The van der Waals surface area contributed by atoms with Crippen molar-refractivity contribution in [2.75, 3.05) is 31.6 Å². The SMILES string of the molecule is CCCCN(CCBr)CCCOc1ccccc1. The number of ether oxygens (including phenoxy) is 1. The summed E-state index contributed by atoms with van der Waals surface area (Å²) in [5.41, 5.74) is 0. The molecule has 1 rings (SSSR count). The maximum atomic E-state index is 5.70. The Morgan fingerprint density at radius 2 is 1.78 bits per heavy atom. The Hall–Kier alpha value is -0.540. The molecule has 1 aromatic carbocycles. The highest BCUT2D eigenvalue weighted by Gasteiger charge is 2.03. The molecule has 0 amide bonds. The number of benzene rings is 1. The molecule has 1 aromatic rings. The normalized spacial score (nSPS) is 10.8. The first-order chi connectivity index (χ1) is 8.86. The third-order valence-electron chi connectivity index (χ3n) is 2.86. The lowest BCUT2D eigenvalue weighted by atomic mass is 10.3. The summed E-state index contributed by atoms with van der Waals surface area (Å²) in [5.74, 6) is 0.970. The van der Waals surface area contributed by atoms with Gasteiger partial charge >= 0.3 is 0 Å². The Morgan fingerprint density at radius 3 is 2.44 bits per heavy atom. The Morgan fingerprint density at radius 1 is 1.06 bits per heavy atom. The van der Waals surface area contributed by atoms with Gasteiger partial charge in [0.05, 0.1) is 6.61 Å². The van der Waals surface area contributed by atoms with E-state index in [0.29, 0.717) is 0 Å². The second kappa shape index (κ2) is 10.4. The number of para-hydroxylation sites is 1. The highest BCUT2D eigenvalue weighted by Crippen LogP contribution is 2.08. The van der Waals surface area contributed by atoms with Crippen molar-refractivity contribution < 1.29 is 4.74 Å². The third kappa shape index (κ3) is 7.02. The van der Waals surface area contributed by atoms with E-state index in [2.05, 4.69) is 27.8 Å². The van der Waals surface area contributed by atoms with Gasteiger partial charge in [-0.25, -0.2) is 0 Å². The average molecular weight is 314 g/mol. The molecule has 0 saturated carbocycles. The minimum Gasteiger partial charge on any atom is -0.494 e. The van der Waals surface area contributed by atoms with E-state index in [-0.39, 0.29) is 0 Å². The van der Waals surface area contributed by atoms with Crippen LogP contribution in [0.25, 0.3) is 0 Å². The predicted molar refractivity (Wildman–Crippen MR) is 81.7 cm³/mol. The number of rotatable bonds is 10. The molecule has 0 N–H and O–H groups in total. The fraction of sp³-hybridized carbons (Fsp3) is 0.600. The van der Waals surface area contributed by atoms with Crippen molar-refractivity contribution in [1.82, 2.24) is 4.90 Å². The molecule has 0 bridgehead atoms. The van der Waals surface area contributed by atoms with Crippen LogP contribution >= 0.6 is 15.9 Å². The summed E-state index contributed by atoms with van der Waals surface area (Å²) in [4.78, 5) is 2.51. The molecule has 18 heavy (non-hydrogen) atoms. The van der Waals surface area contributed by atoms with Gasteiger partial charge in [-0.3, -0.25) is 0 Å². The van der Waals surface area contributed by atoms with E-state index in [9.17, 15) is 0 Å². The van der Waals surface area contributed by atoms with Crippen molar-refractivity contribution >= 4 is 15.9 Å². The molecule has 0 aromatic heterocycles. The highest BCUT2D eigenvalue weighted by molar-refractivity contribution is 9.09. The molecule has 0 aliphatic rings.